The van der Waals surface area contributed by atoms with Gasteiger partial charge in [-0.25, -0.2) is 0 Å². The second-order valence-electron chi connectivity index (χ2n) is 21.5. The summed E-state index contributed by atoms with van der Waals surface area (Å²) in [7, 11) is 0. The number of hydrogen-bond donors (Lipinski definition) is 0. The van der Waals surface area contributed by atoms with Gasteiger partial charge in [-0.3, -0.25) is 0 Å². The van der Waals surface area contributed by atoms with Gasteiger partial charge in [0.15, 0.2) is 0 Å². The monoisotopic (exact) mass is 989 g/mol. The van der Waals surface area contributed by atoms with Crippen LogP contribution in [0.3, 0.4) is 0 Å². The number of fused-ring (bicyclic) bond motifs is 5. The quantitative estimate of drug-likeness (QED) is 0.0499. The van der Waals surface area contributed by atoms with E-state index in [0.29, 0.717) is 31.0 Å². The lowest BCUT2D eigenvalue weighted by Crippen LogP contribution is -2.23. The summed E-state index contributed by atoms with van der Waals surface area (Å²) < 4.78 is 38.5. The van der Waals surface area contributed by atoms with E-state index in [9.17, 15) is 0 Å². The molecule has 6 nitrogen and oxygen atoms in total. The molecular weight excluding hydrogens is 913 g/mol. The average Bonchev–Trinajstić information content (AvgIpc) is 4.09. The van der Waals surface area contributed by atoms with Crippen LogP contribution in [0.25, 0.3) is 0 Å². The van der Waals surface area contributed by atoms with Crippen LogP contribution in [0.5, 0.6) is 57.5 Å². The Hall–Kier alpha value is -6.92. The molecule has 0 aromatic heterocycles. The molecular formula is C68H76O6. The Bertz CT molecular complexity index is 2990. The predicted molar refractivity (Wildman–Crippen MR) is 303 cm³/mol. The van der Waals surface area contributed by atoms with Gasteiger partial charge in [0.1, 0.15) is 57.5 Å². The van der Waals surface area contributed by atoms with E-state index in [4.69, 9.17) is 28.4 Å². The summed E-state index contributed by atoms with van der Waals surface area (Å²) in [5, 5.41) is 0. The van der Waals surface area contributed by atoms with E-state index < -0.39 is 0 Å². The Balaban J connectivity index is 0.852. The lowest BCUT2D eigenvalue weighted by molar-refractivity contribution is 0.232. The van der Waals surface area contributed by atoms with Crippen LogP contribution in [0, 0.1) is 79.1 Å². The number of allylic oxidation sites excluding steroid dienone is 2. The van der Waals surface area contributed by atoms with E-state index in [2.05, 4.69) is 142 Å². The summed E-state index contributed by atoms with van der Waals surface area (Å²) in [4.78, 5) is 0. The van der Waals surface area contributed by atoms with Crippen LogP contribution in [-0.4, -0.2) is 13.2 Å². The van der Waals surface area contributed by atoms with Crippen molar-refractivity contribution in [3.8, 4) is 57.5 Å². The third kappa shape index (κ3) is 11.1. The minimum atomic E-state index is 0.546. The van der Waals surface area contributed by atoms with Crippen molar-refractivity contribution < 1.29 is 28.4 Å². The van der Waals surface area contributed by atoms with E-state index in [-0.39, 0.29) is 0 Å². The largest absolute Gasteiger partial charge is 0.493 e. The highest BCUT2D eigenvalue weighted by atomic mass is 16.5. The summed E-state index contributed by atoms with van der Waals surface area (Å²) in [6.45, 7) is 33.7. The van der Waals surface area contributed by atoms with Crippen molar-refractivity contribution in [2.75, 3.05) is 13.2 Å². The minimum Gasteiger partial charge on any atom is -0.493 e. The first kappa shape index (κ1) is 52.0. The highest BCUT2D eigenvalue weighted by molar-refractivity contribution is 5.55. The Morgan fingerprint density at radius 3 is 1.23 bits per heavy atom. The van der Waals surface area contributed by atoms with Gasteiger partial charge < -0.3 is 28.4 Å². The van der Waals surface area contributed by atoms with Crippen molar-refractivity contribution in [1.82, 2.24) is 0 Å². The molecule has 0 N–H and O–H groups in total. The molecule has 0 radical (unpaired) electrons. The molecule has 74 heavy (non-hydrogen) atoms. The van der Waals surface area contributed by atoms with Gasteiger partial charge in [-0.05, 0) is 270 Å². The molecule has 3 saturated carbocycles. The molecule has 0 spiro atoms. The van der Waals surface area contributed by atoms with Crippen LogP contribution < -0.4 is 28.4 Å². The third-order valence-corrected chi connectivity index (χ3v) is 16.0. The van der Waals surface area contributed by atoms with Gasteiger partial charge in [0.25, 0.3) is 0 Å². The molecule has 2 bridgehead atoms. The number of aryl methyl sites for hydroxylation is 8. The fraction of sp³-hybridized carbons (Fsp3) is 0.353. The van der Waals surface area contributed by atoms with Gasteiger partial charge >= 0.3 is 0 Å². The maximum atomic E-state index is 6.71. The third-order valence-electron chi connectivity index (χ3n) is 16.0. The van der Waals surface area contributed by atoms with Crippen molar-refractivity contribution in [2.45, 2.75) is 119 Å². The average molecular weight is 989 g/mol. The smallest absolute Gasteiger partial charge is 0.133 e. The number of benzene rings is 6. The van der Waals surface area contributed by atoms with Gasteiger partial charge in [0.2, 0.25) is 0 Å². The fourth-order valence-electron chi connectivity index (χ4n) is 12.9. The molecule has 3 aliphatic carbocycles. The zero-order chi connectivity index (χ0) is 52.2. The van der Waals surface area contributed by atoms with Crippen molar-refractivity contribution in [2.24, 2.45) is 23.7 Å². The van der Waals surface area contributed by atoms with E-state index in [1.807, 2.05) is 48.6 Å². The van der Waals surface area contributed by atoms with Crippen molar-refractivity contribution in [1.29, 1.82) is 0 Å². The van der Waals surface area contributed by atoms with Gasteiger partial charge in [-0.2, -0.15) is 0 Å². The van der Waals surface area contributed by atoms with E-state index in [1.165, 1.54) is 47.9 Å². The molecule has 6 aromatic carbocycles. The molecule has 6 unspecified atom stereocenters. The summed E-state index contributed by atoms with van der Waals surface area (Å²) in [6.07, 6.45) is 16.0. The van der Waals surface area contributed by atoms with Crippen LogP contribution in [0.2, 0.25) is 0 Å². The maximum Gasteiger partial charge on any atom is 0.133 e. The van der Waals surface area contributed by atoms with Gasteiger partial charge in [-0.1, -0.05) is 48.6 Å². The van der Waals surface area contributed by atoms with Crippen LogP contribution in [0.4, 0.5) is 0 Å². The van der Waals surface area contributed by atoms with Gasteiger partial charge in [0.05, 0.1) is 13.2 Å². The Kier molecular flexibility index (Phi) is 15.9. The van der Waals surface area contributed by atoms with E-state index in [1.54, 1.807) is 0 Å². The first-order valence-corrected chi connectivity index (χ1v) is 26.9. The van der Waals surface area contributed by atoms with Crippen LogP contribution >= 0.6 is 0 Å². The number of rotatable bonds is 22. The van der Waals surface area contributed by atoms with Crippen molar-refractivity contribution >= 4 is 0 Å². The SMILES string of the molecule is C=CCCOc1c(C)cc(Oc2c(C)cc(Oc3ccc(C4CC5C6CC(c7ccc(Oc8cc(C)c(Oc9cc(C)c(OCCC=C)c(C)c9)c(C)c8)c(CC=C)c7)C(C6)C5C4)cc3CC=C)cc2C)cc1C. The van der Waals surface area contributed by atoms with Crippen LogP contribution in [-0.2, 0) is 12.8 Å². The number of hydrogen-bond acceptors (Lipinski definition) is 6. The Labute approximate surface area is 441 Å². The Morgan fingerprint density at radius 2 is 0.797 bits per heavy atom. The predicted octanol–water partition coefficient (Wildman–Crippen LogP) is 18.6. The second kappa shape index (κ2) is 22.7. The highest BCUT2D eigenvalue weighted by Crippen LogP contribution is 2.66. The second-order valence-corrected chi connectivity index (χ2v) is 21.5. The topological polar surface area (TPSA) is 55.4 Å². The van der Waals surface area contributed by atoms with Crippen molar-refractivity contribution in [3.05, 3.63) is 202 Å². The lowest BCUT2D eigenvalue weighted by atomic mass is 9.73. The highest BCUT2D eigenvalue weighted by Gasteiger charge is 2.56. The lowest BCUT2D eigenvalue weighted by Gasteiger charge is -2.32. The zero-order valence-corrected chi connectivity index (χ0v) is 45.2. The van der Waals surface area contributed by atoms with E-state index in [0.717, 1.165) is 145 Å². The molecule has 9 rings (SSSR count). The summed E-state index contributed by atoms with van der Waals surface area (Å²) in [6, 6.07) is 30.4. The summed E-state index contributed by atoms with van der Waals surface area (Å²) >= 11 is 0. The molecule has 6 atom stereocenters. The van der Waals surface area contributed by atoms with E-state index >= 15 is 0 Å². The fourth-order valence-corrected chi connectivity index (χ4v) is 12.9. The first-order chi connectivity index (χ1) is 35.7. The summed E-state index contributed by atoms with van der Waals surface area (Å²) in [5.41, 5.74) is 13.5. The van der Waals surface area contributed by atoms with Crippen LogP contribution in [0.15, 0.2) is 136 Å². The zero-order valence-electron chi connectivity index (χ0n) is 45.2. The molecule has 0 amide bonds. The molecule has 6 aromatic rings. The molecule has 0 saturated heterocycles. The minimum absolute atomic E-state index is 0.546. The molecule has 0 heterocycles. The standard InChI is InChI=1S/C68H76O6/c1-13-17-25-69-65-41(5)27-57(28-42(65)6)73-67-45(9)31-55(32-46(67)10)71-63-23-21-49(35-51(63)19-15-3)53-37-60-54-39-59(62(40-54)61(60)38-53)50-22-24-64(52(36-50)20-16-4)72-56-33-47(11)68(48(12)34-56)74-58-29-43(7)66(44(8)30-58)70-26-18-14-2/h13-16,21-24,27-36,53-54,59-62H,1-4,17-20,25-26,37-40H2,5-12H3. The Morgan fingerprint density at radius 1 is 0.405 bits per heavy atom. The summed E-state index contributed by atoms with van der Waals surface area (Å²) in [5.74, 6) is 12.6. The van der Waals surface area contributed by atoms with Crippen LogP contribution in [0.1, 0.15) is 117 Å². The van der Waals surface area contributed by atoms with Crippen molar-refractivity contribution in [3.63, 3.8) is 0 Å². The number of ether oxygens (including phenoxy) is 6. The van der Waals surface area contributed by atoms with Gasteiger partial charge in [-0.15, -0.1) is 26.3 Å². The maximum absolute atomic E-state index is 6.71. The van der Waals surface area contributed by atoms with Gasteiger partial charge in [0, 0.05) is 0 Å². The normalized spacial score (nSPS) is 19.4. The molecule has 384 valence electrons. The first-order valence-electron chi connectivity index (χ1n) is 26.9. The molecule has 3 fully saturated rings. The molecule has 6 heteroatoms. The molecule has 3 aliphatic rings. The molecule has 0 aliphatic heterocycles.